The maximum absolute atomic E-state index is 12.0. The number of nitroso groups, excluding NO2 is 1. The van der Waals surface area contributed by atoms with Crippen LogP contribution in [0.4, 0.5) is 5.69 Å². The molecule has 2 aromatic rings. The molecule has 0 aliphatic heterocycles. The van der Waals surface area contributed by atoms with Crippen LogP contribution in [0.15, 0.2) is 67.1 Å². The Hall–Kier alpha value is -3.14. The number of allylic oxidation sites excluding steroid dienone is 2. The van der Waals surface area contributed by atoms with Crippen molar-refractivity contribution in [3.63, 3.8) is 0 Å². The van der Waals surface area contributed by atoms with Crippen molar-refractivity contribution in [3.8, 4) is 5.75 Å². The molecule has 0 aliphatic rings. The first-order valence-electron chi connectivity index (χ1n) is 18.7. The van der Waals surface area contributed by atoms with Gasteiger partial charge in [0.15, 0.2) is 0 Å². The molecule has 1 unspecified atom stereocenters. The summed E-state index contributed by atoms with van der Waals surface area (Å²) >= 11 is 0. The van der Waals surface area contributed by atoms with E-state index in [1.165, 1.54) is 16.7 Å². The fourth-order valence-corrected chi connectivity index (χ4v) is 6.58. The van der Waals surface area contributed by atoms with Crippen LogP contribution in [0.3, 0.4) is 0 Å². The highest BCUT2D eigenvalue weighted by molar-refractivity contribution is 5.60. The molecule has 50 heavy (non-hydrogen) atoms. The summed E-state index contributed by atoms with van der Waals surface area (Å²) in [6.45, 7) is 42.4. The predicted octanol–water partition coefficient (Wildman–Crippen LogP) is 14.0. The van der Waals surface area contributed by atoms with Gasteiger partial charge in [-0.25, -0.2) is 0 Å². The molecular formula is C46H73NO3. The SMILES string of the molecule is C=CC.C=COCC(CC)(CCCc1cc(C(C)(C)C)c(N=O)c(C(C)(C)C)c1)CCC(=C)CCc1cc(C(C)(C)C)c(O)c(C(C)(C)C)c1. The predicted molar refractivity (Wildman–Crippen MR) is 219 cm³/mol. The van der Waals surface area contributed by atoms with E-state index in [0.717, 1.165) is 73.6 Å². The maximum Gasteiger partial charge on any atom is 0.123 e. The minimum atomic E-state index is -0.173. The van der Waals surface area contributed by atoms with E-state index >= 15 is 0 Å². The number of phenols is 1. The molecule has 0 saturated carbocycles. The van der Waals surface area contributed by atoms with Crippen molar-refractivity contribution in [1.29, 1.82) is 0 Å². The Balaban J connectivity index is 0.00000401. The minimum Gasteiger partial charge on any atom is -0.507 e. The van der Waals surface area contributed by atoms with E-state index in [4.69, 9.17) is 4.74 Å². The zero-order chi connectivity index (χ0) is 38.7. The molecule has 0 fully saturated rings. The molecule has 0 heterocycles. The Kier molecular flexibility index (Phi) is 16.5. The Morgan fingerprint density at radius 3 is 1.54 bits per heavy atom. The normalized spacial score (nSPS) is 13.5. The summed E-state index contributed by atoms with van der Waals surface area (Å²) in [5, 5.41) is 14.7. The highest BCUT2D eigenvalue weighted by Gasteiger charge is 2.31. The van der Waals surface area contributed by atoms with Crippen LogP contribution in [0, 0.1) is 10.3 Å². The molecule has 1 N–H and O–H groups in total. The van der Waals surface area contributed by atoms with Crippen LogP contribution in [-0.4, -0.2) is 11.7 Å². The van der Waals surface area contributed by atoms with Crippen molar-refractivity contribution >= 4 is 5.69 Å². The quantitative estimate of drug-likeness (QED) is 0.115. The van der Waals surface area contributed by atoms with E-state index in [9.17, 15) is 10.0 Å². The van der Waals surface area contributed by atoms with Crippen LogP contribution in [0.2, 0.25) is 0 Å². The van der Waals surface area contributed by atoms with Gasteiger partial charge < -0.3 is 9.84 Å². The van der Waals surface area contributed by atoms with Crippen LogP contribution in [0.5, 0.6) is 5.75 Å². The summed E-state index contributed by atoms with van der Waals surface area (Å²) in [5.41, 5.74) is 7.87. The molecule has 0 amide bonds. The van der Waals surface area contributed by atoms with Gasteiger partial charge in [0.25, 0.3) is 0 Å². The number of phenolic OH excluding ortho intramolecular Hbond substituents is 1. The number of hydrogen-bond acceptors (Lipinski definition) is 4. The topological polar surface area (TPSA) is 58.9 Å². The average Bonchev–Trinajstić information content (AvgIpc) is 2.99. The van der Waals surface area contributed by atoms with E-state index in [0.29, 0.717) is 18.0 Å². The number of aryl methyl sites for hydroxylation is 2. The van der Waals surface area contributed by atoms with Gasteiger partial charge in [-0.3, -0.25) is 0 Å². The van der Waals surface area contributed by atoms with Gasteiger partial charge in [0.1, 0.15) is 11.4 Å². The highest BCUT2D eigenvalue weighted by atomic mass is 16.5. The van der Waals surface area contributed by atoms with E-state index in [1.807, 2.05) is 6.92 Å². The number of hydrogen-bond donors (Lipinski definition) is 1. The van der Waals surface area contributed by atoms with Crippen LogP contribution < -0.4 is 0 Å². The van der Waals surface area contributed by atoms with Crippen LogP contribution in [0.1, 0.15) is 169 Å². The largest absolute Gasteiger partial charge is 0.507 e. The lowest BCUT2D eigenvalue weighted by Gasteiger charge is -2.33. The highest BCUT2D eigenvalue weighted by Crippen LogP contribution is 2.43. The number of benzene rings is 2. The zero-order valence-electron chi connectivity index (χ0n) is 34.7. The molecule has 0 bridgehead atoms. The lowest BCUT2D eigenvalue weighted by molar-refractivity contribution is 0.0842. The third kappa shape index (κ3) is 13.2. The lowest BCUT2D eigenvalue weighted by atomic mass is 9.74. The van der Waals surface area contributed by atoms with E-state index in [2.05, 4.69) is 139 Å². The average molecular weight is 688 g/mol. The van der Waals surface area contributed by atoms with E-state index < -0.39 is 0 Å². The van der Waals surface area contributed by atoms with Gasteiger partial charge in [-0.2, -0.15) is 0 Å². The first-order chi connectivity index (χ1) is 22.9. The van der Waals surface area contributed by atoms with Crippen molar-refractivity contribution in [2.45, 2.75) is 170 Å². The molecular weight excluding hydrogens is 615 g/mol. The van der Waals surface area contributed by atoms with Crippen molar-refractivity contribution in [2.75, 3.05) is 6.61 Å². The molecule has 2 rings (SSSR count). The lowest BCUT2D eigenvalue weighted by Crippen LogP contribution is -2.26. The molecule has 280 valence electrons. The Morgan fingerprint density at radius 1 is 0.740 bits per heavy atom. The van der Waals surface area contributed by atoms with Crippen molar-refractivity contribution in [3.05, 3.63) is 100 Å². The number of nitrogens with zero attached hydrogens (tertiary/aromatic N) is 1. The summed E-state index contributed by atoms with van der Waals surface area (Å²) in [7, 11) is 0. The standard InChI is InChI=1S/C43H67NO3.C3H6/c1-16-43(29-47-17-2,23-18-19-31-25-33(39(4,5)6)37(44-46)34(26-31)40(7,8)9)24-22-30(3)20-21-32-27-35(41(10,11)12)38(45)36(28-32)42(13,14)15;1-3-2/h17,25-28,45H,2-3,16,18-24,29H2,1,4-15H3;3H,1H2,2H3. The van der Waals surface area contributed by atoms with Gasteiger partial charge in [0, 0.05) is 5.41 Å². The number of rotatable bonds is 15. The maximum atomic E-state index is 12.0. The van der Waals surface area contributed by atoms with Gasteiger partial charge in [-0.15, -0.1) is 11.5 Å². The van der Waals surface area contributed by atoms with Crippen molar-refractivity contribution in [1.82, 2.24) is 0 Å². The molecule has 0 aromatic heterocycles. The fourth-order valence-electron chi connectivity index (χ4n) is 6.58. The van der Waals surface area contributed by atoms with Gasteiger partial charge >= 0.3 is 0 Å². The van der Waals surface area contributed by atoms with Crippen molar-refractivity contribution in [2.24, 2.45) is 10.6 Å². The minimum absolute atomic E-state index is 0.0263. The third-order valence-corrected chi connectivity index (χ3v) is 9.87. The van der Waals surface area contributed by atoms with Crippen LogP contribution in [-0.2, 0) is 39.2 Å². The van der Waals surface area contributed by atoms with Gasteiger partial charge in [0.05, 0.1) is 12.9 Å². The van der Waals surface area contributed by atoms with Crippen LogP contribution in [0.25, 0.3) is 0 Å². The number of ether oxygens (including phenoxy) is 1. The molecule has 0 spiro atoms. The summed E-state index contributed by atoms with van der Waals surface area (Å²) in [6.07, 6.45) is 11.1. The molecule has 2 aromatic carbocycles. The summed E-state index contributed by atoms with van der Waals surface area (Å²) < 4.78 is 5.88. The molecule has 4 nitrogen and oxygen atoms in total. The van der Waals surface area contributed by atoms with E-state index in [-0.39, 0.29) is 27.1 Å². The number of aromatic hydroxyl groups is 1. The fraction of sp³-hybridized carbons (Fsp3) is 0.609. The monoisotopic (exact) mass is 688 g/mol. The second-order valence-electron chi connectivity index (χ2n) is 18.5. The second kappa shape index (κ2) is 18.4. The van der Waals surface area contributed by atoms with Crippen LogP contribution >= 0.6 is 0 Å². The van der Waals surface area contributed by atoms with Gasteiger partial charge in [0.2, 0.25) is 0 Å². The molecule has 0 radical (unpaired) electrons. The van der Waals surface area contributed by atoms with Gasteiger partial charge in [-0.1, -0.05) is 139 Å². The molecule has 4 heteroatoms. The zero-order valence-corrected chi connectivity index (χ0v) is 34.7. The molecule has 1 atom stereocenters. The van der Waals surface area contributed by atoms with Crippen molar-refractivity contribution < 1.29 is 9.84 Å². The Morgan fingerprint density at radius 2 is 1.16 bits per heavy atom. The summed E-state index contributed by atoms with van der Waals surface area (Å²) in [5.74, 6) is 0.433. The third-order valence-electron chi connectivity index (χ3n) is 9.87. The second-order valence-corrected chi connectivity index (χ2v) is 18.5. The first-order valence-corrected chi connectivity index (χ1v) is 18.7. The summed E-state index contributed by atoms with van der Waals surface area (Å²) in [4.78, 5) is 12.0. The smallest absolute Gasteiger partial charge is 0.123 e. The van der Waals surface area contributed by atoms with Gasteiger partial charge in [-0.05, 0) is 119 Å². The first kappa shape index (κ1) is 44.9. The summed E-state index contributed by atoms with van der Waals surface area (Å²) in [6, 6.07) is 8.81. The molecule has 0 aliphatic carbocycles. The molecule has 0 saturated heterocycles. The Bertz CT molecular complexity index is 1370. The Labute approximate surface area is 307 Å². The van der Waals surface area contributed by atoms with E-state index in [1.54, 1.807) is 12.3 Å².